The molecule has 1 N–H and O–H groups in total. The number of carbonyl (C=O) groups is 1. The summed E-state index contributed by atoms with van der Waals surface area (Å²) < 4.78 is 32.7. The molecule has 2 heterocycles. The van der Waals surface area contributed by atoms with Crippen molar-refractivity contribution in [3.8, 4) is 5.75 Å². The highest BCUT2D eigenvalue weighted by Crippen LogP contribution is 2.34. The Morgan fingerprint density at radius 3 is 2.86 bits per heavy atom. The lowest BCUT2D eigenvalue weighted by atomic mass is 10.1. The van der Waals surface area contributed by atoms with E-state index in [-0.39, 0.29) is 17.2 Å². The van der Waals surface area contributed by atoms with Crippen molar-refractivity contribution >= 4 is 25.6 Å². The smallest absolute Gasteiger partial charge is 0.274 e. The lowest BCUT2D eigenvalue weighted by Crippen LogP contribution is -2.29. The Hall–Kier alpha value is -2.06. The number of nitrogens with one attached hydrogen (secondary N) is 1. The predicted octanol–water partition coefficient (Wildman–Crippen LogP) is 1.47. The first kappa shape index (κ1) is 13.9. The number of halogens is 1. The van der Waals surface area contributed by atoms with Crippen LogP contribution in [0.25, 0.3) is 0 Å². The summed E-state index contributed by atoms with van der Waals surface area (Å²) in [7, 11) is 1.47. The highest BCUT2D eigenvalue weighted by molar-refractivity contribution is 8.13. The van der Waals surface area contributed by atoms with Crippen LogP contribution in [0.5, 0.6) is 5.75 Å². The number of rotatable bonds is 3. The van der Waals surface area contributed by atoms with Crippen LogP contribution in [0, 0.1) is 0 Å². The van der Waals surface area contributed by atoms with Crippen molar-refractivity contribution < 1.29 is 22.5 Å². The van der Waals surface area contributed by atoms with Crippen molar-refractivity contribution in [2.24, 2.45) is 0 Å². The van der Waals surface area contributed by atoms with Crippen LogP contribution in [-0.2, 0) is 9.05 Å². The van der Waals surface area contributed by atoms with Crippen LogP contribution in [-0.4, -0.2) is 26.1 Å². The summed E-state index contributed by atoms with van der Waals surface area (Å²) in [5.74, 6) is 0.0638. The van der Waals surface area contributed by atoms with E-state index in [4.69, 9.17) is 15.4 Å². The number of ether oxygens (including phenoxy) is 1. The largest absolute Gasteiger partial charge is 0.491 e. The predicted molar refractivity (Wildman–Crippen MR) is 71.7 cm³/mol. The fourth-order valence-corrected chi connectivity index (χ4v) is 2.81. The minimum Gasteiger partial charge on any atom is -0.491 e. The third kappa shape index (κ3) is 2.72. The second-order valence-corrected chi connectivity index (χ2v) is 6.93. The van der Waals surface area contributed by atoms with Crippen LogP contribution in [0.1, 0.15) is 22.1 Å². The molecule has 1 aliphatic rings. The molecule has 7 nitrogen and oxygen atoms in total. The first-order valence-electron chi connectivity index (χ1n) is 5.88. The second-order valence-electron chi connectivity index (χ2n) is 4.36. The van der Waals surface area contributed by atoms with Crippen LogP contribution >= 0.6 is 10.7 Å². The van der Waals surface area contributed by atoms with E-state index in [0.717, 1.165) is 0 Å². The highest BCUT2D eigenvalue weighted by atomic mass is 35.7. The Bertz CT molecular complexity index is 788. The minimum absolute atomic E-state index is 0.0471. The quantitative estimate of drug-likeness (QED) is 0.857. The first-order chi connectivity index (χ1) is 9.95. The third-order valence-corrected chi connectivity index (χ3v) is 4.37. The van der Waals surface area contributed by atoms with Crippen molar-refractivity contribution in [2.45, 2.75) is 10.9 Å². The normalized spacial score (nSPS) is 17.1. The van der Waals surface area contributed by atoms with Gasteiger partial charge in [0.25, 0.3) is 15.0 Å². The van der Waals surface area contributed by atoms with Crippen molar-refractivity contribution in [1.82, 2.24) is 10.5 Å². The van der Waals surface area contributed by atoms with E-state index in [0.29, 0.717) is 11.3 Å². The van der Waals surface area contributed by atoms with Gasteiger partial charge in [-0.2, -0.15) is 0 Å². The molecule has 1 aromatic carbocycles. The van der Waals surface area contributed by atoms with E-state index in [9.17, 15) is 13.2 Å². The molecule has 3 rings (SSSR count). The van der Waals surface area contributed by atoms with Crippen molar-refractivity contribution in [3.05, 3.63) is 41.8 Å². The van der Waals surface area contributed by atoms with Crippen LogP contribution in [0.4, 0.5) is 0 Å². The van der Waals surface area contributed by atoms with E-state index in [1.165, 1.54) is 30.5 Å². The average Bonchev–Trinajstić information content (AvgIpc) is 3.07. The van der Waals surface area contributed by atoms with Gasteiger partial charge in [-0.3, -0.25) is 4.79 Å². The maximum Gasteiger partial charge on any atom is 0.274 e. The molecule has 0 saturated carbocycles. The summed E-state index contributed by atoms with van der Waals surface area (Å²) in [6.07, 6.45) is 1.28. The molecule has 2 aromatic rings. The van der Waals surface area contributed by atoms with Gasteiger partial charge in [-0.05, 0) is 18.2 Å². The van der Waals surface area contributed by atoms with Gasteiger partial charge in [0.05, 0.1) is 10.9 Å². The number of hydrogen-bond donors (Lipinski definition) is 1. The first-order valence-corrected chi connectivity index (χ1v) is 8.19. The molecule has 0 bridgehead atoms. The average molecular weight is 329 g/mol. The van der Waals surface area contributed by atoms with Crippen LogP contribution in [0.15, 0.2) is 39.9 Å². The molecule has 1 unspecified atom stereocenters. The summed E-state index contributed by atoms with van der Waals surface area (Å²) in [4.78, 5) is 11.9. The lowest BCUT2D eigenvalue weighted by molar-refractivity contribution is 0.0921. The van der Waals surface area contributed by atoms with Crippen LogP contribution < -0.4 is 10.1 Å². The van der Waals surface area contributed by atoms with Gasteiger partial charge in [-0.15, -0.1) is 0 Å². The monoisotopic (exact) mass is 328 g/mol. The molecule has 0 saturated heterocycles. The Morgan fingerprint density at radius 2 is 2.19 bits per heavy atom. The Kier molecular flexibility index (Phi) is 3.34. The van der Waals surface area contributed by atoms with Crippen molar-refractivity contribution in [2.75, 3.05) is 6.61 Å². The summed E-state index contributed by atoms with van der Waals surface area (Å²) in [6.45, 7) is 0.199. The Morgan fingerprint density at radius 1 is 1.38 bits per heavy atom. The Balaban J connectivity index is 1.87. The van der Waals surface area contributed by atoms with Gasteiger partial charge >= 0.3 is 0 Å². The zero-order chi connectivity index (χ0) is 15.0. The second kappa shape index (κ2) is 5.05. The molecule has 1 aliphatic heterocycles. The molecule has 1 atom stereocenters. The zero-order valence-corrected chi connectivity index (χ0v) is 12.0. The van der Waals surface area contributed by atoms with Crippen LogP contribution in [0.2, 0.25) is 0 Å². The SMILES string of the molecule is O=C(NC1COc2ccc(S(=O)(=O)Cl)cc21)c1ccon1. The fraction of sp³-hybridized carbons (Fsp3) is 0.167. The van der Waals surface area contributed by atoms with Gasteiger partial charge in [0.1, 0.15) is 18.6 Å². The molecule has 1 aromatic heterocycles. The molecule has 21 heavy (non-hydrogen) atoms. The molecule has 1 amide bonds. The number of aromatic nitrogens is 1. The van der Waals surface area contributed by atoms with E-state index < -0.39 is 21.0 Å². The van der Waals surface area contributed by atoms with Gasteiger partial charge in [0.2, 0.25) is 0 Å². The number of amides is 1. The summed E-state index contributed by atoms with van der Waals surface area (Å²) in [6, 6.07) is 5.18. The number of benzene rings is 1. The number of hydrogen-bond acceptors (Lipinski definition) is 6. The zero-order valence-electron chi connectivity index (χ0n) is 10.4. The van der Waals surface area contributed by atoms with Gasteiger partial charge < -0.3 is 14.6 Å². The molecule has 0 fully saturated rings. The fourth-order valence-electron chi connectivity index (χ4n) is 2.03. The Labute approximate surface area is 124 Å². The summed E-state index contributed by atoms with van der Waals surface area (Å²) >= 11 is 0. The van der Waals surface area contributed by atoms with Gasteiger partial charge in [-0.1, -0.05) is 5.16 Å². The number of nitrogens with zero attached hydrogens (tertiary/aromatic N) is 1. The molecule has 0 aliphatic carbocycles. The maximum absolute atomic E-state index is 11.9. The van der Waals surface area contributed by atoms with E-state index >= 15 is 0 Å². The van der Waals surface area contributed by atoms with Crippen molar-refractivity contribution in [3.63, 3.8) is 0 Å². The number of carbonyl (C=O) groups excluding carboxylic acids is 1. The molecule has 0 spiro atoms. The van der Waals surface area contributed by atoms with E-state index in [2.05, 4.69) is 15.0 Å². The van der Waals surface area contributed by atoms with E-state index in [1.54, 1.807) is 0 Å². The van der Waals surface area contributed by atoms with Crippen LogP contribution in [0.3, 0.4) is 0 Å². The number of fused-ring (bicyclic) bond motifs is 1. The summed E-state index contributed by atoms with van der Waals surface area (Å²) in [5.41, 5.74) is 0.679. The maximum atomic E-state index is 11.9. The molecular weight excluding hydrogens is 320 g/mol. The molecule has 110 valence electrons. The highest BCUT2D eigenvalue weighted by Gasteiger charge is 2.28. The minimum atomic E-state index is -3.84. The van der Waals surface area contributed by atoms with Gasteiger partial charge in [0, 0.05) is 22.3 Å². The van der Waals surface area contributed by atoms with E-state index in [1.807, 2.05) is 0 Å². The molecule has 9 heteroatoms. The third-order valence-electron chi connectivity index (χ3n) is 3.02. The molecular formula is C12H9ClN2O5S. The standard InChI is InChI=1S/C12H9ClN2O5S/c13-21(17,18)7-1-2-11-8(5-7)10(6-19-11)14-12(16)9-3-4-20-15-9/h1-5,10H,6H2,(H,14,16). The van der Waals surface area contributed by atoms with Gasteiger partial charge in [0.15, 0.2) is 5.69 Å². The van der Waals surface area contributed by atoms with Crippen molar-refractivity contribution in [1.29, 1.82) is 0 Å². The lowest BCUT2D eigenvalue weighted by Gasteiger charge is -2.10. The molecule has 0 radical (unpaired) electrons. The topological polar surface area (TPSA) is 98.5 Å². The summed E-state index contributed by atoms with van der Waals surface area (Å²) in [5, 5.41) is 6.22. The van der Waals surface area contributed by atoms with Gasteiger partial charge in [-0.25, -0.2) is 8.42 Å².